The van der Waals surface area contributed by atoms with Gasteiger partial charge in [-0.15, -0.1) is 0 Å². The fourth-order valence-corrected chi connectivity index (χ4v) is 7.80. The predicted octanol–water partition coefficient (Wildman–Crippen LogP) is 11.1. The van der Waals surface area contributed by atoms with E-state index in [0.717, 1.165) is 25.7 Å². The van der Waals surface area contributed by atoms with Gasteiger partial charge >= 0.3 is 0 Å². The van der Waals surface area contributed by atoms with Gasteiger partial charge in [-0.1, -0.05) is 85.0 Å². The van der Waals surface area contributed by atoms with E-state index >= 15 is 0 Å². The first-order valence-electron chi connectivity index (χ1n) is 16.2. The highest BCUT2D eigenvalue weighted by atomic mass is 15.2. The van der Waals surface area contributed by atoms with Crippen molar-refractivity contribution in [3.63, 3.8) is 0 Å². The lowest BCUT2D eigenvalue weighted by Crippen LogP contribution is -2.28. The Morgan fingerprint density at radius 2 is 1.38 bits per heavy atom. The molecular formula is C42H35N3. The van der Waals surface area contributed by atoms with E-state index < -0.39 is 0 Å². The highest BCUT2D eigenvalue weighted by Gasteiger charge is 2.38. The average molecular weight is 582 g/mol. The minimum absolute atomic E-state index is 0.277. The van der Waals surface area contributed by atoms with Crippen LogP contribution in [-0.2, 0) is 0 Å². The third-order valence-corrected chi connectivity index (χ3v) is 9.80. The summed E-state index contributed by atoms with van der Waals surface area (Å²) in [4.78, 5) is 5.01. The van der Waals surface area contributed by atoms with Crippen molar-refractivity contribution in [1.29, 1.82) is 0 Å². The second-order valence-corrected chi connectivity index (χ2v) is 12.4. The molecule has 0 amide bonds. The molecule has 45 heavy (non-hydrogen) atoms. The second kappa shape index (κ2) is 10.7. The third-order valence-electron chi connectivity index (χ3n) is 9.80. The van der Waals surface area contributed by atoms with Gasteiger partial charge in [0.1, 0.15) is 0 Å². The maximum Gasteiger partial charge on any atom is 0.0629 e. The molecule has 9 rings (SSSR count). The smallest absolute Gasteiger partial charge is 0.0629 e. The Morgan fingerprint density at radius 3 is 2.22 bits per heavy atom. The van der Waals surface area contributed by atoms with E-state index in [9.17, 15) is 0 Å². The van der Waals surface area contributed by atoms with Gasteiger partial charge in [0.15, 0.2) is 0 Å². The first-order valence-corrected chi connectivity index (χ1v) is 16.2. The third kappa shape index (κ3) is 4.26. The first kappa shape index (κ1) is 26.2. The Morgan fingerprint density at radius 1 is 0.622 bits per heavy atom. The van der Waals surface area contributed by atoms with Crippen LogP contribution in [0.3, 0.4) is 0 Å². The van der Waals surface area contributed by atoms with Crippen LogP contribution in [-0.4, -0.2) is 10.6 Å². The van der Waals surface area contributed by atoms with E-state index in [1.165, 1.54) is 61.5 Å². The van der Waals surface area contributed by atoms with Crippen LogP contribution in [0.1, 0.15) is 37.2 Å². The predicted molar refractivity (Wildman–Crippen MR) is 191 cm³/mol. The molecule has 0 saturated heterocycles. The molecule has 1 aliphatic heterocycles. The fourth-order valence-electron chi connectivity index (χ4n) is 7.80. The highest BCUT2D eigenvalue weighted by molar-refractivity contribution is 6.11. The van der Waals surface area contributed by atoms with Crippen molar-refractivity contribution < 1.29 is 0 Å². The number of nitrogens with zero attached hydrogens (tertiary/aromatic N) is 3. The normalized spacial score (nSPS) is 20.0. The van der Waals surface area contributed by atoms with E-state index in [2.05, 4.69) is 166 Å². The topological polar surface area (TPSA) is 11.4 Å². The Labute approximate surface area is 264 Å². The SMILES string of the molecule is C1=CCCC(N(c2ccc3c(c2)C2C=CC=CC2N3c2ccccc2)c2ccc3c(c2)c2ccccc2n3C2=CC=CCC2)=C1. The summed E-state index contributed by atoms with van der Waals surface area (Å²) < 4.78 is 2.47. The van der Waals surface area contributed by atoms with E-state index in [1.54, 1.807) is 0 Å². The highest BCUT2D eigenvalue weighted by Crippen LogP contribution is 2.50. The zero-order valence-electron chi connectivity index (χ0n) is 25.3. The standard InChI is InChI=1S/C42H35N3/c1-4-14-30(15-5-1)43(33-24-26-41-37(28-33)35-20-10-12-22-39(35)44(41)31-16-6-2-7-17-31)34-25-27-42-38(29-34)36-21-11-13-23-40(36)45(42)32-18-8-3-9-19-32/h1-4,6-8,10-14,16-18,20-29,35,39H,5,9,15,19H2. The van der Waals surface area contributed by atoms with Gasteiger partial charge in [-0.3, -0.25) is 0 Å². The summed E-state index contributed by atoms with van der Waals surface area (Å²) in [5.74, 6) is 0.311. The number of hydrogen-bond acceptors (Lipinski definition) is 2. The minimum Gasteiger partial charge on any atom is -0.333 e. The fraction of sp³-hybridized carbons (Fsp3) is 0.143. The molecule has 0 radical (unpaired) electrons. The molecule has 2 unspecified atom stereocenters. The van der Waals surface area contributed by atoms with Crippen molar-refractivity contribution in [1.82, 2.24) is 4.57 Å². The van der Waals surface area contributed by atoms with Crippen LogP contribution < -0.4 is 9.80 Å². The van der Waals surface area contributed by atoms with Crippen LogP contribution in [0.2, 0.25) is 0 Å². The molecule has 5 aromatic rings. The Kier molecular flexibility index (Phi) is 6.22. The summed E-state index contributed by atoms with van der Waals surface area (Å²) in [6.45, 7) is 0. The molecule has 0 N–H and O–H groups in total. The van der Waals surface area contributed by atoms with Gasteiger partial charge in [-0.25, -0.2) is 0 Å². The molecule has 3 heteroatoms. The van der Waals surface area contributed by atoms with Crippen LogP contribution in [0.5, 0.6) is 0 Å². The second-order valence-electron chi connectivity index (χ2n) is 12.4. The number of allylic oxidation sites excluding steroid dienone is 10. The summed E-state index contributed by atoms with van der Waals surface area (Å²) in [7, 11) is 0. The molecule has 4 aromatic carbocycles. The van der Waals surface area contributed by atoms with Crippen molar-refractivity contribution in [2.24, 2.45) is 0 Å². The van der Waals surface area contributed by atoms with Gasteiger partial charge in [-0.05, 0) is 98.0 Å². The first-order chi connectivity index (χ1) is 22.3. The quantitative estimate of drug-likeness (QED) is 0.205. The van der Waals surface area contributed by atoms with Crippen LogP contribution in [0.25, 0.3) is 27.5 Å². The molecule has 2 heterocycles. The summed E-state index contributed by atoms with van der Waals surface area (Å²) in [5.41, 5.74) is 11.6. The summed E-state index contributed by atoms with van der Waals surface area (Å²) in [6.07, 6.45) is 26.9. The minimum atomic E-state index is 0.277. The molecule has 0 fully saturated rings. The van der Waals surface area contributed by atoms with Gasteiger partial charge in [0, 0.05) is 50.8 Å². The summed E-state index contributed by atoms with van der Waals surface area (Å²) >= 11 is 0. The van der Waals surface area contributed by atoms with Crippen molar-refractivity contribution in [3.8, 4) is 0 Å². The molecule has 3 nitrogen and oxygen atoms in total. The van der Waals surface area contributed by atoms with Gasteiger partial charge in [0.25, 0.3) is 0 Å². The zero-order chi connectivity index (χ0) is 29.7. The van der Waals surface area contributed by atoms with E-state index in [4.69, 9.17) is 0 Å². The number of benzene rings is 4. The average Bonchev–Trinajstić information content (AvgIpc) is 3.62. The lowest BCUT2D eigenvalue weighted by molar-refractivity contribution is 0.744. The van der Waals surface area contributed by atoms with Crippen LogP contribution in [0.4, 0.5) is 22.7 Å². The number of para-hydroxylation sites is 2. The van der Waals surface area contributed by atoms with Crippen molar-refractivity contribution >= 4 is 50.3 Å². The van der Waals surface area contributed by atoms with Gasteiger partial charge < -0.3 is 14.4 Å². The molecular weight excluding hydrogens is 546 g/mol. The van der Waals surface area contributed by atoms with Gasteiger partial charge in [0.05, 0.1) is 17.1 Å². The number of anilines is 4. The molecule has 3 aliphatic carbocycles. The maximum absolute atomic E-state index is 2.51. The Bertz CT molecular complexity index is 2140. The van der Waals surface area contributed by atoms with Crippen molar-refractivity contribution in [2.45, 2.75) is 37.6 Å². The lowest BCUT2D eigenvalue weighted by atomic mass is 9.91. The number of hydrogen-bond donors (Lipinski definition) is 0. The molecule has 4 aliphatic rings. The Balaban J connectivity index is 1.21. The van der Waals surface area contributed by atoms with Crippen LogP contribution in [0.15, 0.2) is 157 Å². The van der Waals surface area contributed by atoms with Crippen molar-refractivity contribution in [3.05, 3.63) is 163 Å². The molecule has 0 spiro atoms. The zero-order valence-corrected chi connectivity index (χ0v) is 25.3. The largest absolute Gasteiger partial charge is 0.333 e. The monoisotopic (exact) mass is 581 g/mol. The van der Waals surface area contributed by atoms with E-state index in [-0.39, 0.29) is 6.04 Å². The van der Waals surface area contributed by atoms with E-state index in [0.29, 0.717) is 5.92 Å². The maximum atomic E-state index is 2.51. The van der Waals surface area contributed by atoms with Crippen LogP contribution >= 0.6 is 0 Å². The lowest BCUT2D eigenvalue weighted by Gasteiger charge is -2.30. The molecule has 1 aromatic heterocycles. The number of fused-ring (bicyclic) bond motifs is 6. The molecule has 0 saturated carbocycles. The van der Waals surface area contributed by atoms with Gasteiger partial charge in [-0.2, -0.15) is 0 Å². The molecule has 2 atom stereocenters. The number of aromatic nitrogens is 1. The van der Waals surface area contributed by atoms with Gasteiger partial charge in [0.2, 0.25) is 0 Å². The van der Waals surface area contributed by atoms with E-state index in [1.807, 2.05) is 0 Å². The molecule has 0 bridgehead atoms. The Hall–Kier alpha value is -5.28. The van der Waals surface area contributed by atoms with Crippen molar-refractivity contribution in [2.75, 3.05) is 9.80 Å². The molecule has 218 valence electrons. The summed E-state index contributed by atoms with van der Waals surface area (Å²) in [5, 5.41) is 2.60. The number of rotatable bonds is 5. The summed E-state index contributed by atoms with van der Waals surface area (Å²) in [6, 6.07) is 34.2. The van der Waals surface area contributed by atoms with Crippen LogP contribution in [0, 0.1) is 0 Å².